The maximum absolute atomic E-state index is 12.4. The number of nitrogens with two attached hydrogens (primary N) is 1. The molecule has 1 aromatic rings. The molecule has 1 aromatic carbocycles. The fourth-order valence-corrected chi connectivity index (χ4v) is 2.91. The molecule has 5 nitrogen and oxygen atoms in total. The SMILES string of the molecule is NC(=O)C1CCC1C(=O)N1Cc2ccc(O)cc2C1. The molecule has 0 spiro atoms. The molecule has 1 aliphatic carbocycles. The molecule has 19 heavy (non-hydrogen) atoms. The van der Waals surface area contributed by atoms with Gasteiger partial charge in [0.1, 0.15) is 5.75 Å². The molecular formula is C14H16N2O3. The highest BCUT2D eigenvalue weighted by Gasteiger charge is 2.42. The topological polar surface area (TPSA) is 83.6 Å². The van der Waals surface area contributed by atoms with Gasteiger partial charge < -0.3 is 15.7 Å². The Bertz CT molecular complexity index is 556. The number of hydrogen-bond acceptors (Lipinski definition) is 3. The zero-order chi connectivity index (χ0) is 13.6. The van der Waals surface area contributed by atoms with Gasteiger partial charge in [0.25, 0.3) is 0 Å². The molecule has 3 rings (SSSR count). The summed E-state index contributed by atoms with van der Waals surface area (Å²) >= 11 is 0. The number of amides is 2. The van der Waals surface area contributed by atoms with Crippen LogP contribution in [0.4, 0.5) is 0 Å². The van der Waals surface area contributed by atoms with E-state index in [4.69, 9.17) is 5.73 Å². The van der Waals surface area contributed by atoms with Crippen LogP contribution in [0.1, 0.15) is 24.0 Å². The smallest absolute Gasteiger partial charge is 0.227 e. The van der Waals surface area contributed by atoms with Gasteiger partial charge in [-0.15, -0.1) is 0 Å². The highest BCUT2D eigenvalue weighted by Crippen LogP contribution is 2.37. The molecule has 0 radical (unpaired) electrons. The van der Waals surface area contributed by atoms with E-state index in [9.17, 15) is 14.7 Å². The molecule has 2 atom stereocenters. The molecule has 0 bridgehead atoms. The zero-order valence-corrected chi connectivity index (χ0v) is 10.5. The molecule has 0 saturated heterocycles. The van der Waals surface area contributed by atoms with Crippen LogP contribution < -0.4 is 5.73 Å². The lowest BCUT2D eigenvalue weighted by molar-refractivity contribution is -0.147. The fourth-order valence-electron chi connectivity index (χ4n) is 2.91. The minimum absolute atomic E-state index is 0.00531. The van der Waals surface area contributed by atoms with Crippen LogP contribution in [0.15, 0.2) is 18.2 Å². The first-order valence-corrected chi connectivity index (χ1v) is 6.45. The third-order valence-electron chi connectivity index (χ3n) is 4.18. The minimum atomic E-state index is -0.376. The monoisotopic (exact) mass is 260 g/mol. The average molecular weight is 260 g/mol. The van der Waals surface area contributed by atoms with Crippen LogP contribution in [0.5, 0.6) is 5.75 Å². The Morgan fingerprint density at radius 2 is 1.84 bits per heavy atom. The Labute approximate surface area is 111 Å². The van der Waals surface area contributed by atoms with E-state index in [0.29, 0.717) is 19.5 Å². The summed E-state index contributed by atoms with van der Waals surface area (Å²) < 4.78 is 0. The summed E-state index contributed by atoms with van der Waals surface area (Å²) in [5.74, 6) is -0.707. The number of carbonyl (C=O) groups is 2. The first-order valence-electron chi connectivity index (χ1n) is 6.45. The maximum Gasteiger partial charge on any atom is 0.227 e. The van der Waals surface area contributed by atoms with Crippen LogP contribution in [0.25, 0.3) is 0 Å². The molecule has 2 unspecified atom stereocenters. The molecule has 100 valence electrons. The van der Waals surface area contributed by atoms with Crippen molar-refractivity contribution >= 4 is 11.8 Å². The predicted octanol–water partition coefficient (Wildman–Crippen LogP) is 0.746. The third-order valence-corrected chi connectivity index (χ3v) is 4.18. The molecule has 0 aromatic heterocycles. The van der Waals surface area contributed by atoms with Gasteiger partial charge in [-0.3, -0.25) is 9.59 Å². The molecule has 1 heterocycles. The lowest BCUT2D eigenvalue weighted by Crippen LogP contribution is -2.46. The Morgan fingerprint density at radius 1 is 1.16 bits per heavy atom. The Kier molecular flexibility index (Phi) is 2.69. The molecule has 2 aliphatic rings. The van der Waals surface area contributed by atoms with Gasteiger partial charge in [-0.1, -0.05) is 6.07 Å². The largest absolute Gasteiger partial charge is 0.508 e. The van der Waals surface area contributed by atoms with Crippen LogP contribution in [0.2, 0.25) is 0 Å². The average Bonchev–Trinajstić information content (AvgIpc) is 2.69. The normalized spacial score (nSPS) is 24.7. The van der Waals surface area contributed by atoms with Gasteiger partial charge in [0.2, 0.25) is 11.8 Å². The van der Waals surface area contributed by atoms with Crippen molar-refractivity contribution < 1.29 is 14.7 Å². The molecule has 1 saturated carbocycles. The number of rotatable bonds is 2. The number of nitrogens with zero attached hydrogens (tertiary/aromatic N) is 1. The number of phenols is 1. The first kappa shape index (κ1) is 12.0. The molecule has 1 fully saturated rings. The number of fused-ring (bicyclic) bond motifs is 1. The standard InChI is InChI=1S/C14H16N2O3/c15-13(18)11-3-4-12(11)14(19)16-6-8-1-2-10(17)5-9(8)7-16/h1-2,5,11-12,17H,3-4,6-7H2,(H2,15,18). The van der Waals surface area contributed by atoms with Crippen molar-refractivity contribution in [3.05, 3.63) is 29.3 Å². The number of hydrogen-bond donors (Lipinski definition) is 2. The second-order valence-electron chi connectivity index (χ2n) is 5.34. The maximum atomic E-state index is 12.4. The van der Waals surface area contributed by atoms with E-state index >= 15 is 0 Å². The highest BCUT2D eigenvalue weighted by atomic mass is 16.3. The third kappa shape index (κ3) is 1.95. The number of aromatic hydroxyl groups is 1. The van der Waals surface area contributed by atoms with Crippen molar-refractivity contribution in [1.82, 2.24) is 4.90 Å². The summed E-state index contributed by atoms with van der Waals surface area (Å²) in [5.41, 5.74) is 7.32. The van der Waals surface area contributed by atoms with Gasteiger partial charge in [0.15, 0.2) is 0 Å². The summed E-state index contributed by atoms with van der Waals surface area (Å²) in [7, 11) is 0. The first-order chi connectivity index (χ1) is 9.06. The summed E-state index contributed by atoms with van der Waals surface area (Å²) in [4.78, 5) is 25.3. The second-order valence-corrected chi connectivity index (χ2v) is 5.34. The molecule has 2 amide bonds. The highest BCUT2D eigenvalue weighted by molar-refractivity contribution is 5.88. The summed E-state index contributed by atoms with van der Waals surface area (Å²) in [6.07, 6.45) is 1.46. The van der Waals surface area contributed by atoms with Crippen LogP contribution in [0.3, 0.4) is 0 Å². The van der Waals surface area contributed by atoms with E-state index in [1.54, 1.807) is 17.0 Å². The molecular weight excluding hydrogens is 244 g/mol. The predicted molar refractivity (Wildman–Crippen MR) is 67.8 cm³/mol. The van der Waals surface area contributed by atoms with E-state index in [2.05, 4.69) is 0 Å². The second kappa shape index (κ2) is 4.26. The van der Waals surface area contributed by atoms with E-state index in [0.717, 1.165) is 17.5 Å². The Balaban J connectivity index is 1.73. The van der Waals surface area contributed by atoms with E-state index in [-0.39, 0.29) is 29.4 Å². The van der Waals surface area contributed by atoms with Gasteiger partial charge in [-0.05, 0) is 36.1 Å². The van der Waals surface area contributed by atoms with Gasteiger partial charge in [-0.25, -0.2) is 0 Å². The van der Waals surface area contributed by atoms with Crippen molar-refractivity contribution in [2.75, 3.05) is 0 Å². The number of primary amides is 1. The van der Waals surface area contributed by atoms with Gasteiger partial charge in [0, 0.05) is 24.9 Å². The van der Waals surface area contributed by atoms with E-state index in [1.165, 1.54) is 0 Å². The summed E-state index contributed by atoms with van der Waals surface area (Å²) in [5, 5.41) is 9.44. The van der Waals surface area contributed by atoms with Crippen molar-refractivity contribution in [2.24, 2.45) is 17.6 Å². The number of carbonyl (C=O) groups excluding carboxylic acids is 2. The Morgan fingerprint density at radius 3 is 2.47 bits per heavy atom. The van der Waals surface area contributed by atoms with Crippen LogP contribution >= 0.6 is 0 Å². The lowest BCUT2D eigenvalue weighted by atomic mass is 9.72. The van der Waals surface area contributed by atoms with E-state index < -0.39 is 0 Å². The number of phenolic OH excluding ortho intramolecular Hbond substituents is 1. The Hall–Kier alpha value is -2.04. The summed E-state index contributed by atoms with van der Waals surface area (Å²) in [6.45, 7) is 1.06. The molecule has 5 heteroatoms. The van der Waals surface area contributed by atoms with Gasteiger partial charge in [0.05, 0.1) is 0 Å². The lowest BCUT2D eigenvalue weighted by Gasteiger charge is -2.35. The van der Waals surface area contributed by atoms with Crippen molar-refractivity contribution in [1.29, 1.82) is 0 Å². The zero-order valence-electron chi connectivity index (χ0n) is 10.5. The van der Waals surface area contributed by atoms with Gasteiger partial charge in [-0.2, -0.15) is 0 Å². The summed E-state index contributed by atoms with van der Waals surface area (Å²) in [6, 6.07) is 5.15. The van der Waals surface area contributed by atoms with Crippen LogP contribution in [0, 0.1) is 11.8 Å². The van der Waals surface area contributed by atoms with Crippen LogP contribution in [-0.4, -0.2) is 21.8 Å². The van der Waals surface area contributed by atoms with Gasteiger partial charge >= 0.3 is 0 Å². The van der Waals surface area contributed by atoms with Crippen molar-refractivity contribution in [3.8, 4) is 5.75 Å². The minimum Gasteiger partial charge on any atom is -0.508 e. The molecule has 1 aliphatic heterocycles. The van der Waals surface area contributed by atoms with E-state index in [1.807, 2.05) is 6.07 Å². The van der Waals surface area contributed by atoms with Crippen LogP contribution in [-0.2, 0) is 22.7 Å². The number of benzene rings is 1. The van der Waals surface area contributed by atoms with Crippen molar-refractivity contribution in [2.45, 2.75) is 25.9 Å². The fraction of sp³-hybridized carbons (Fsp3) is 0.429. The van der Waals surface area contributed by atoms with Crippen molar-refractivity contribution in [3.63, 3.8) is 0 Å². The molecule has 3 N–H and O–H groups in total. The quantitative estimate of drug-likeness (QED) is 0.822.